The maximum Gasteiger partial charge on any atom is 0.371 e. The van der Waals surface area contributed by atoms with E-state index in [0.717, 1.165) is 0 Å². The summed E-state index contributed by atoms with van der Waals surface area (Å²) in [5, 5.41) is 0. The van der Waals surface area contributed by atoms with Crippen molar-refractivity contribution < 1.29 is 23.1 Å². The van der Waals surface area contributed by atoms with Gasteiger partial charge in [0.25, 0.3) is 0 Å². The van der Waals surface area contributed by atoms with Gasteiger partial charge in [-0.05, 0) is 40.0 Å². The summed E-state index contributed by atoms with van der Waals surface area (Å²) < 4.78 is 29.0. The fourth-order valence-corrected chi connectivity index (χ4v) is 4.04. The number of ether oxygens (including phenoxy) is 1. The van der Waals surface area contributed by atoms with Crippen LogP contribution in [0.15, 0.2) is 0 Å². The van der Waals surface area contributed by atoms with Crippen LogP contribution in [0.5, 0.6) is 0 Å². The molecular formula is C13H27O5P. The summed E-state index contributed by atoms with van der Waals surface area (Å²) in [6.45, 7) is 12.3. The SMILES string of the molecule is CC(=O)O[C@@H](CC(C)C)P(=O)(OC(C)C)OC(C)C. The van der Waals surface area contributed by atoms with E-state index < -0.39 is 19.4 Å². The Morgan fingerprint density at radius 3 is 1.68 bits per heavy atom. The number of rotatable bonds is 8. The van der Waals surface area contributed by atoms with Crippen molar-refractivity contribution in [1.29, 1.82) is 0 Å². The summed E-state index contributed by atoms with van der Waals surface area (Å²) in [5.41, 5.74) is 0. The van der Waals surface area contributed by atoms with Gasteiger partial charge in [-0.2, -0.15) is 0 Å². The van der Waals surface area contributed by atoms with Gasteiger partial charge in [0.1, 0.15) is 0 Å². The van der Waals surface area contributed by atoms with Crippen LogP contribution in [0.3, 0.4) is 0 Å². The normalized spacial score (nSPS) is 14.2. The van der Waals surface area contributed by atoms with Crippen LogP contribution < -0.4 is 0 Å². The highest BCUT2D eigenvalue weighted by Crippen LogP contribution is 2.57. The molecule has 0 fully saturated rings. The highest BCUT2D eigenvalue weighted by molar-refractivity contribution is 7.54. The van der Waals surface area contributed by atoms with E-state index in [4.69, 9.17) is 13.8 Å². The van der Waals surface area contributed by atoms with Crippen LogP contribution in [0.1, 0.15) is 54.9 Å². The molecule has 1 atom stereocenters. The molecule has 0 aromatic rings. The van der Waals surface area contributed by atoms with E-state index in [9.17, 15) is 9.36 Å². The van der Waals surface area contributed by atoms with Crippen LogP contribution in [-0.2, 0) is 23.1 Å². The maximum absolute atomic E-state index is 12.9. The van der Waals surface area contributed by atoms with E-state index in [1.807, 2.05) is 13.8 Å². The van der Waals surface area contributed by atoms with Crippen LogP contribution in [0.25, 0.3) is 0 Å². The van der Waals surface area contributed by atoms with E-state index >= 15 is 0 Å². The van der Waals surface area contributed by atoms with Gasteiger partial charge in [-0.15, -0.1) is 0 Å². The number of hydrogen-bond acceptors (Lipinski definition) is 5. The Labute approximate surface area is 116 Å². The van der Waals surface area contributed by atoms with Gasteiger partial charge in [-0.25, -0.2) is 0 Å². The van der Waals surface area contributed by atoms with Gasteiger partial charge in [0.05, 0.1) is 12.2 Å². The molecule has 0 saturated carbocycles. The Kier molecular flexibility index (Phi) is 7.87. The van der Waals surface area contributed by atoms with E-state index in [1.54, 1.807) is 27.7 Å². The van der Waals surface area contributed by atoms with E-state index in [0.29, 0.717) is 6.42 Å². The van der Waals surface area contributed by atoms with Gasteiger partial charge in [0, 0.05) is 6.92 Å². The van der Waals surface area contributed by atoms with Crippen molar-refractivity contribution in [3.63, 3.8) is 0 Å². The Balaban J connectivity index is 5.20. The molecule has 0 saturated heterocycles. The molecule has 6 heteroatoms. The lowest BCUT2D eigenvalue weighted by molar-refractivity contribution is -0.144. The van der Waals surface area contributed by atoms with Gasteiger partial charge >= 0.3 is 13.6 Å². The predicted molar refractivity (Wildman–Crippen MR) is 75.1 cm³/mol. The summed E-state index contributed by atoms with van der Waals surface area (Å²) in [4.78, 5) is 11.2. The van der Waals surface area contributed by atoms with Crippen LogP contribution in [-0.4, -0.2) is 24.0 Å². The molecule has 0 N–H and O–H groups in total. The number of carbonyl (C=O) groups excluding carboxylic acids is 1. The average molecular weight is 294 g/mol. The third-order valence-electron chi connectivity index (χ3n) is 2.04. The third-order valence-corrected chi connectivity index (χ3v) is 4.50. The molecule has 0 aliphatic heterocycles. The minimum atomic E-state index is -3.49. The standard InChI is InChI=1S/C13H27O5P/c1-9(2)8-13(16-12(7)14)19(15,17-10(3)4)18-11(5)6/h9-11,13H,8H2,1-7H3/t13-/m1/s1. The minimum Gasteiger partial charge on any atom is -0.450 e. The zero-order chi connectivity index (χ0) is 15.2. The highest BCUT2D eigenvalue weighted by atomic mass is 31.2. The van der Waals surface area contributed by atoms with E-state index in [1.165, 1.54) is 6.92 Å². The molecule has 0 amide bonds. The molecule has 0 radical (unpaired) electrons. The van der Waals surface area contributed by atoms with Gasteiger partial charge in [-0.3, -0.25) is 9.36 Å². The Bertz CT molecular complexity index is 311. The van der Waals surface area contributed by atoms with Crippen molar-refractivity contribution in [3.05, 3.63) is 0 Å². The van der Waals surface area contributed by atoms with Crippen molar-refractivity contribution in [1.82, 2.24) is 0 Å². The first-order valence-electron chi connectivity index (χ1n) is 6.70. The first kappa shape index (κ1) is 18.6. The lowest BCUT2D eigenvalue weighted by Crippen LogP contribution is -2.24. The molecular weight excluding hydrogens is 267 g/mol. The number of carbonyl (C=O) groups is 1. The molecule has 0 aliphatic carbocycles. The fraction of sp³-hybridized carbons (Fsp3) is 0.923. The molecule has 19 heavy (non-hydrogen) atoms. The molecule has 114 valence electrons. The highest BCUT2D eigenvalue weighted by Gasteiger charge is 2.40. The maximum atomic E-state index is 12.9. The third kappa shape index (κ3) is 7.71. The van der Waals surface area contributed by atoms with Gasteiger partial charge < -0.3 is 13.8 Å². The second kappa shape index (κ2) is 8.03. The van der Waals surface area contributed by atoms with E-state index in [2.05, 4.69) is 0 Å². The monoisotopic (exact) mass is 294 g/mol. The van der Waals surface area contributed by atoms with Crippen molar-refractivity contribution >= 4 is 13.6 Å². The van der Waals surface area contributed by atoms with Gasteiger partial charge in [-0.1, -0.05) is 13.8 Å². The zero-order valence-corrected chi connectivity index (χ0v) is 13.9. The summed E-state index contributed by atoms with van der Waals surface area (Å²) in [6.07, 6.45) is -0.0966. The summed E-state index contributed by atoms with van der Waals surface area (Å²) in [6, 6.07) is 0. The van der Waals surface area contributed by atoms with E-state index in [-0.39, 0.29) is 18.1 Å². The second-order valence-corrected chi connectivity index (χ2v) is 7.62. The van der Waals surface area contributed by atoms with Crippen molar-refractivity contribution in [3.8, 4) is 0 Å². The Morgan fingerprint density at radius 2 is 1.42 bits per heavy atom. The molecule has 0 aromatic carbocycles. The van der Waals surface area contributed by atoms with Crippen LogP contribution in [0, 0.1) is 5.92 Å². The molecule has 0 bridgehead atoms. The molecule has 0 heterocycles. The first-order chi connectivity index (χ1) is 8.56. The quantitative estimate of drug-likeness (QED) is 0.501. The van der Waals surface area contributed by atoms with Crippen molar-refractivity contribution in [2.75, 3.05) is 0 Å². The summed E-state index contributed by atoms with van der Waals surface area (Å²) in [7, 11) is -3.49. The lowest BCUT2D eigenvalue weighted by Gasteiger charge is -2.30. The zero-order valence-electron chi connectivity index (χ0n) is 13.0. The molecule has 0 rings (SSSR count). The number of hydrogen-bond donors (Lipinski definition) is 0. The Morgan fingerprint density at radius 1 is 1.00 bits per heavy atom. The lowest BCUT2D eigenvalue weighted by atomic mass is 10.1. The predicted octanol–water partition coefficient (Wildman–Crippen LogP) is 3.96. The molecule has 0 aliphatic rings. The topological polar surface area (TPSA) is 61.8 Å². The largest absolute Gasteiger partial charge is 0.450 e. The van der Waals surface area contributed by atoms with Crippen molar-refractivity contribution in [2.24, 2.45) is 5.92 Å². The fourth-order valence-electron chi connectivity index (χ4n) is 1.58. The molecule has 0 spiro atoms. The second-order valence-electron chi connectivity index (χ2n) is 5.54. The molecule has 0 unspecified atom stereocenters. The van der Waals surface area contributed by atoms with Crippen molar-refractivity contribution in [2.45, 2.75) is 72.9 Å². The molecule has 0 aromatic heterocycles. The Hall–Kier alpha value is -0.380. The first-order valence-corrected chi connectivity index (χ1v) is 8.31. The van der Waals surface area contributed by atoms with Crippen LogP contribution >= 0.6 is 7.60 Å². The molecule has 5 nitrogen and oxygen atoms in total. The minimum absolute atomic E-state index is 0.212. The van der Waals surface area contributed by atoms with Crippen LogP contribution in [0.2, 0.25) is 0 Å². The smallest absolute Gasteiger partial charge is 0.371 e. The summed E-state index contributed by atoms with van der Waals surface area (Å²) in [5.74, 6) is -1.12. The van der Waals surface area contributed by atoms with Crippen LogP contribution in [0.4, 0.5) is 0 Å². The summed E-state index contributed by atoms with van der Waals surface area (Å²) >= 11 is 0. The number of esters is 1. The average Bonchev–Trinajstić information content (AvgIpc) is 2.11. The van der Waals surface area contributed by atoms with Gasteiger partial charge in [0.15, 0.2) is 0 Å². The van der Waals surface area contributed by atoms with Gasteiger partial charge in [0.2, 0.25) is 5.85 Å².